The van der Waals surface area contributed by atoms with Crippen LogP contribution in [0.15, 0.2) is 0 Å². The molecule has 2 atom stereocenters. The van der Waals surface area contributed by atoms with E-state index >= 15 is 0 Å². The summed E-state index contributed by atoms with van der Waals surface area (Å²) in [5, 5.41) is -2.75. The van der Waals surface area contributed by atoms with Crippen LogP contribution in [0.3, 0.4) is 0 Å². The highest BCUT2D eigenvalue weighted by molar-refractivity contribution is 8.15. The normalized spacial score (nSPS) is 21.7. The van der Waals surface area contributed by atoms with Crippen LogP contribution in [0.2, 0.25) is 0 Å². The summed E-state index contributed by atoms with van der Waals surface area (Å²) in [4.78, 5) is 75.7. The van der Waals surface area contributed by atoms with Crippen LogP contribution >= 0.6 is 23.5 Å². The summed E-state index contributed by atoms with van der Waals surface area (Å²) in [6, 6.07) is 0. The Kier molecular flexibility index (Phi) is 8.67. The second-order valence-electron chi connectivity index (χ2n) is 6.43. The van der Waals surface area contributed by atoms with Gasteiger partial charge in [-0.05, 0) is 20.9 Å². The second-order valence-corrected chi connectivity index (χ2v) is 8.74. The van der Waals surface area contributed by atoms with E-state index in [4.69, 9.17) is 9.47 Å². The molecule has 11 nitrogen and oxygen atoms in total. The third-order valence-corrected chi connectivity index (χ3v) is 6.24. The number of thioether (sulfide) groups is 2. The Morgan fingerprint density at radius 2 is 1.20 bits per heavy atom. The fourth-order valence-electron chi connectivity index (χ4n) is 2.78. The topological polar surface area (TPSA) is 131 Å². The summed E-state index contributed by atoms with van der Waals surface area (Å²) in [5.74, 6) is -2.19. The molecule has 0 bridgehead atoms. The van der Waals surface area contributed by atoms with Crippen LogP contribution in [0, 0.1) is 0 Å². The molecule has 0 aromatic carbocycles. The molecule has 2 unspecified atom stereocenters. The summed E-state index contributed by atoms with van der Waals surface area (Å²) in [6.45, 7) is 3.33. The van der Waals surface area contributed by atoms with Gasteiger partial charge >= 0.3 is 11.9 Å². The van der Waals surface area contributed by atoms with Crippen molar-refractivity contribution in [3.8, 4) is 0 Å². The summed E-state index contributed by atoms with van der Waals surface area (Å²) < 4.78 is 9.61. The molecule has 2 fully saturated rings. The Hall–Kier alpha value is -2.12. The van der Waals surface area contributed by atoms with E-state index in [9.17, 15) is 28.8 Å². The van der Waals surface area contributed by atoms with Crippen LogP contribution in [0.25, 0.3) is 0 Å². The molecule has 2 aliphatic heterocycles. The Morgan fingerprint density at radius 1 is 0.833 bits per heavy atom. The van der Waals surface area contributed by atoms with Crippen molar-refractivity contribution in [1.29, 1.82) is 0 Å². The van der Waals surface area contributed by atoms with E-state index in [-0.39, 0.29) is 39.4 Å². The molecule has 0 N–H and O–H groups in total. The highest BCUT2D eigenvalue weighted by atomic mass is 32.2. The molecule has 0 spiro atoms. The average Bonchev–Trinajstić information content (AvgIpc) is 3.06. The molecule has 166 valence electrons. The van der Waals surface area contributed by atoms with Gasteiger partial charge in [0.05, 0.1) is 39.4 Å². The van der Waals surface area contributed by atoms with Crippen LogP contribution < -0.4 is 0 Å². The fourth-order valence-corrected chi connectivity index (χ4v) is 4.71. The van der Waals surface area contributed by atoms with Gasteiger partial charge in [0.2, 0.25) is 11.8 Å². The molecular weight excluding hydrogens is 438 g/mol. The minimum Gasteiger partial charge on any atom is -0.466 e. The molecule has 0 saturated carbocycles. The van der Waals surface area contributed by atoms with Gasteiger partial charge in [0.25, 0.3) is 10.5 Å². The number of imide groups is 2. The molecule has 2 saturated heterocycles. The molecule has 30 heavy (non-hydrogen) atoms. The predicted octanol–water partition coefficient (Wildman–Crippen LogP) is 0.868. The lowest BCUT2D eigenvalue weighted by Gasteiger charge is -2.26. The SMILES string of the molecule is CCOC(=O)CC1SC(=O)N(CN(C)CN2C(=O)SC(CC(=O)OCC)C2=O)C1=O. The summed E-state index contributed by atoms with van der Waals surface area (Å²) in [7, 11) is 1.54. The number of nitrogens with zero attached hydrogens (tertiary/aromatic N) is 3. The summed E-state index contributed by atoms with van der Waals surface area (Å²) >= 11 is 1.48. The van der Waals surface area contributed by atoms with E-state index in [1.54, 1.807) is 13.8 Å². The van der Waals surface area contributed by atoms with E-state index < -0.39 is 44.7 Å². The summed E-state index contributed by atoms with van der Waals surface area (Å²) in [5.41, 5.74) is 0. The van der Waals surface area contributed by atoms with Gasteiger partial charge < -0.3 is 9.47 Å². The van der Waals surface area contributed by atoms with Crippen LogP contribution in [0.4, 0.5) is 9.59 Å². The molecular formula is C17H23N3O8S2. The van der Waals surface area contributed by atoms with Gasteiger partial charge in [0.1, 0.15) is 10.5 Å². The highest BCUT2D eigenvalue weighted by Crippen LogP contribution is 2.31. The number of amides is 4. The highest BCUT2D eigenvalue weighted by Gasteiger charge is 2.43. The van der Waals surface area contributed by atoms with Gasteiger partial charge in [0, 0.05) is 0 Å². The molecule has 0 aliphatic carbocycles. The van der Waals surface area contributed by atoms with E-state index in [1.165, 1.54) is 11.9 Å². The number of carbonyl (C=O) groups excluding carboxylic acids is 6. The summed E-state index contributed by atoms with van der Waals surface area (Å²) in [6.07, 6.45) is -0.420. The van der Waals surface area contributed by atoms with Gasteiger partial charge in [-0.2, -0.15) is 0 Å². The van der Waals surface area contributed by atoms with Crippen molar-refractivity contribution < 1.29 is 38.2 Å². The van der Waals surface area contributed by atoms with Crippen LogP contribution in [0.5, 0.6) is 0 Å². The van der Waals surface area contributed by atoms with Crippen LogP contribution in [-0.4, -0.2) is 93.0 Å². The van der Waals surface area contributed by atoms with E-state index in [0.717, 1.165) is 33.3 Å². The van der Waals surface area contributed by atoms with Gasteiger partial charge in [-0.1, -0.05) is 23.5 Å². The fraction of sp³-hybridized carbons (Fsp3) is 0.647. The van der Waals surface area contributed by atoms with Crippen molar-refractivity contribution in [3.05, 3.63) is 0 Å². The second kappa shape index (κ2) is 10.8. The molecule has 0 aromatic rings. The number of hydrogen-bond donors (Lipinski definition) is 0. The van der Waals surface area contributed by atoms with Crippen molar-refractivity contribution in [3.63, 3.8) is 0 Å². The zero-order chi connectivity index (χ0) is 22.4. The first kappa shape index (κ1) is 24.2. The maximum absolute atomic E-state index is 12.4. The number of hydrogen-bond acceptors (Lipinski definition) is 11. The predicted molar refractivity (Wildman–Crippen MR) is 107 cm³/mol. The van der Waals surface area contributed by atoms with E-state index in [0.29, 0.717) is 0 Å². The zero-order valence-electron chi connectivity index (χ0n) is 16.8. The molecule has 4 amide bonds. The van der Waals surface area contributed by atoms with Gasteiger partial charge in [-0.25, -0.2) is 0 Å². The number of rotatable bonds is 10. The van der Waals surface area contributed by atoms with Gasteiger partial charge in [-0.3, -0.25) is 43.5 Å². The first-order valence-electron chi connectivity index (χ1n) is 9.21. The molecule has 13 heteroatoms. The zero-order valence-corrected chi connectivity index (χ0v) is 18.5. The lowest BCUT2D eigenvalue weighted by Crippen LogP contribution is -2.46. The van der Waals surface area contributed by atoms with Crippen molar-refractivity contribution in [2.45, 2.75) is 37.2 Å². The number of ether oxygens (including phenoxy) is 2. The van der Waals surface area contributed by atoms with Crippen LogP contribution in [0.1, 0.15) is 26.7 Å². The standard InChI is InChI=1S/C17H23N3O8S2/c1-4-27-12(21)6-10-14(23)19(16(25)29-10)8-18(3)9-20-15(24)11(30-17(20)26)7-13(22)28-5-2/h10-11H,4-9H2,1-3H3. The quantitative estimate of drug-likeness (QED) is 0.429. The Balaban J connectivity index is 1.91. The maximum atomic E-state index is 12.4. The van der Waals surface area contributed by atoms with Gasteiger partial charge in [0.15, 0.2) is 0 Å². The maximum Gasteiger partial charge on any atom is 0.307 e. The molecule has 0 radical (unpaired) electrons. The third kappa shape index (κ3) is 5.95. The van der Waals surface area contributed by atoms with Crippen molar-refractivity contribution in [2.24, 2.45) is 0 Å². The molecule has 2 rings (SSSR count). The van der Waals surface area contributed by atoms with Crippen molar-refractivity contribution >= 4 is 57.8 Å². The molecule has 0 aromatic heterocycles. The Bertz CT molecular complexity index is 687. The van der Waals surface area contributed by atoms with Crippen molar-refractivity contribution in [1.82, 2.24) is 14.7 Å². The minimum atomic E-state index is -0.857. The van der Waals surface area contributed by atoms with E-state index in [1.807, 2.05) is 0 Å². The lowest BCUT2D eigenvalue weighted by atomic mass is 10.2. The first-order valence-corrected chi connectivity index (χ1v) is 11.0. The average molecular weight is 462 g/mol. The Labute approximate surface area is 181 Å². The molecule has 2 aliphatic rings. The molecule has 2 heterocycles. The van der Waals surface area contributed by atoms with Gasteiger partial charge in [-0.15, -0.1) is 0 Å². The van der Waals surface area contributed by atoms with Crippen molar-refractivity contribution in [2.75, 3.05) is 33.6 Å². The number of carbonyl (C=O) groups is 6. The van der Waals surface area contributed by atoms with E-state index in [2.05, 4.69) is 0 Å². The monoisotopic (exact) mass is 461 g/mol. The minimum absolute atomic E-state index is 0.158. The van der Waals surface area contributed by atoms with Crippen LogP contribution in [-0.2, 0) is 28.7 Å². The largest absolute Gasteiger partial charge is 0.466 e. The smallest absolute Gasteiger partial charge is 0.307 e. The lowest BCUT2D eigenvalue weighted by molar-refractivity contribution is -0.145. The third-order valence-electron chi connectivity index (χ3n) is 4.09. The first-order chi connectivity index (χ1) is 14.2. The number of esters is 2. The Morgan fingerprint density at radius 3 is 1.53 bits per heavy atom.